The SMILES string of the molecule is Cn1cc(CCn2c(N)cc3ccccc3c2=O)cn1. The lowest BCUT2D eigenvalue weighted by atomic mass is 10.1. The highest BCUT2D eigenvalue weighted by Crippen LogP contribution is 2.13. The summed E-state index contributed by atoms with van der Waals surface area (Å²) >= 11 is 0. The van der Waals surface area contributed by atoms with E-state index < -0.39 is 0 Å². The maximum Gasteiger partial charge on any atom is 0.259 e. The van der Waals surface area contributed by atoms with E-state index in [2.05, 4.69) is 5.10 Å². The van der Waals surface area contributed by atoms with Crippen molar-refractivity contribution in [2.75, 3.05) is 5.73 Å². The number of aromatic nitrogens is 3. The average molecular weight is 268 g/mol. The Morgan fingerprint density at radius 1 is 1.30 bits per heavy atom. The molecule has 2 heterocycles. The van der Waals surface area contributed by atoms with Crippen molar-refractivity contribution in [1.29, 1.82) is 0 Å². The molecule has 0 amide bonds. The molecule has 0 unspecified atom stereocenters. The molecule has 3 aromatic rings. The molecule has 2 N–H and O–H groups in total. The molecule has 0 fully saturated rings. The summed E-state index contributed by atoms with van der Waals surface area (Å²) in [4.78, 5) is 12.4. The van der Waals surface area contributed by atoms with Crippen molar-refractivity contribution in [2.24, 2.45) is 7.05 Å². The van der Waals surface area contributed by atoms with Crippen LogP contribution in [0.4, 0.5) is 5.82 Å². The third-order valence-corrected chi connectivity index (χ3v) is 3.43. The van der Waals surface area contributed by atoms with Crippen molar-refractivity contribution >= 4 is 16.6 Å². The molecule has 1 aromatic carbocycles. The summed E-state index contributed by atoms with van der Waals surface area (Å²) in [5, 5.41) is 5.71. The van der Waals surface area contributed by atoms with Gasteiger partial charge in [0.2, 0.25) is 0 Å². The molecule has 0 saturated carbocycles. The van der Waals surface area contributed by atoms with E-state index in [0.29, 0.717) is 17.7 Å². The fraction of sp³-hybridized carbons (Fsp3) is 0.200. The van der Waals surface area contributed by atoms with Crippen LogP contribution in [-0.2, 0) is 20.0 Å². The van der Waals surface area contributed by atoms with Crippen LogP contribution in [-0.4, -0.2) is 14.3 Å². The minimum absolute atomic E-state index is 0.0375. The Hall–Kier alpha value is -2.56. The standard InChI is InChI=1S/C15H16N4O/c1-18-10-11(9-17-18)6-7-19-14(16)8-12-4-2-3-5-13(12)15(19)20/h2-5,8-10H,6-7,16H2,1H3. The highest BCUT2D eigenvalue weighted by molar-refractivity contribution is 5.83. The first-order valence-electron chi connectivity index (χ1n) is 6.51. The van der Waals surface area contributed by atoms with Crippen molar-refractivity contribution in [2.45, 2.75) is 13.0 Å². The Labute approximate surface area is 116 Å². The molecule has 0 aliphatic rings. The van der Waals surface area contributed by atoms with Crippen LogP contribution in [0.15, 0.2) is 47.5 Å². The molecule has 0 bridgehead atoms. The lowest BCUT2D eigenvalue weighted by molar-refractivity contribution is 0.684. The summed E-state index contributed by atoms with van der Waals surface area (Å²) in [6, 6.07) is 9.35. The second-order valence-electron chi connectivity index (χ2n) is 4.89. The summed E-state index contributed by atoms with van der Waals surface area (Å²) in [6.45, 7) is 0.557. The molecule has 20 heavy (non-hydrogen) atoms. The molecular weight excluding hydrogens is 252 g/mol. The van der Waals surface area contributed by atoms with Crippen molar-refractivity contribution in [3.63, 3.8) is 0 Å². The quantitative estimate of drug-likeness (QED) is 0.784. The minimum Gasteiger partial charge on any atom is -0.385 e. The van der Waals surface area contributed by atoms with Crippen molar-refractivity contribution in [3.8, 4) is 0 Å². The lowest BCUT2D eigenvalue weighted by Gasteiger charge is -2.10. The summed E-state index contributed by atoms with van der Waals surface area (Å²) in [6.07, 6.45) is 4.49. The zero-order chi connectivity index (χ0) is 14.1. The van der Waals surface area contributed by atoms with Gasteiger partial charge in [-0.25, -0.2) is 0 Å². The van der Waals surface area contributed by atoms with E-state index in [-0.39, 0.29) is 5.56 Å². The highest BCUT2D eigenvalue weighted by Gasteiger charge is 2.07. The summed E-state index contributed by atoms with van der Waals surface area (Å²) in [5.74, 6) is 0.498. The number of benzene rings is 1. The number of nitrogens with two attached hydrogens (primary N) is 1. The summed E-state index contributed by atoms with van der Waals surface area (Å²) < 4.78 is 3.37. The number of hydrogen-bond acceptors (Lipinski definition) is 3. The van der Waals surface area contributed by atoms with Crippen molar-refractivity contribution in [1.82, 2.24) is 14.3 Å². The van der Waals surface area contributed by atoms with E-state index in [0.717, 1.165) is 17.4 Å². The molecule has 2 aromatic heterocycles. The van der Waals surface area contributed by atoms with Crippen LogP contribution in [0.5, 0.6) is 0 Å². The van der Waals surface area contributed by atoms with Gasteiger partial charge in [-0.15, -0.1) is 0 Å². The first-order valence-corrected chi connectivity index (χ1v) is 6.51. The van der Waals surface area contributed by atoms with Crippen LogP contribution >= 0.6 is 0 Å². The number of aryl methyl sites for hydroxylation is 2. The Balaban J connectivity index is 1.97. The van der Waals surface area contributed by atoms with E-state index in [1.54, 1.807) is 9.25 Å². The zero-order valence-electron chi connectivity index (χ0n) is 11.3. The zero-order valence-corrected chi connectivity index (χ0v) is 11.3. The van der Waals surface area contributed by atoms with Crippen LogP contribution in [0, 0.1) is 0 Å². The van der Waals surface area contributed by atoms with Crippen molar-refractivity contribution < 1.29 is 0 Å². The van der Waals surface area contributed by atoms with Gasteiger partial charge >= 0.3 is 0 Å². The molecule has 0 atom stereocenters. The Morgan fingerprint density at radius 3 is 2.85 bits per heavy atom. The number of rotatable bonds is 3. The van der Waals surface area contributed by atoms with Crippen LogP contribution in [0.2, 0.25) is 0 Å². The van der Waals surface area contributed by atoms with Gasteiger partial charge in [-0.3, -0.25) is 14.0 Å². The van der Waals surface area contributed by atoms with Gasteiger partial charge in [0, 0.05) is 25.2 Å². The monoisotopic (exact) mass is 268 g/mol. The van der Waals surface area contributed by atoms with Crippen LogP contribution < -0.4 is 11.3 Å². The van der Waals surface area contributed by atoms with E-state index in [9.17, 15) is 4.79 Å². The number of nitrogens with zero attached hydrogens (tertiary/aromatic N) is 3. The van der Waals surface area contributed by atoms with E-state index in [4.69, 9.17) is 5.73 Å². The maximum absolute atomic E-state index is 12.4. The fourth-order valence-corrected chi connectivity index (χ4v) is 2.39. The molecule has 0 aliphatic carbocycles. The third kappa shape index (κ3) is 2.18. The third-order valence-electron chi connectivity index (χ3n) is 3.43. The average Bonchev–Trinajstić information content (AvgIpc) is 2.84. The molecule has 0 radical (unpaired) electrons. The number of fused-ring (bicyclic) bond motifs is 1. The molecule has 5 nitrogen and oxygen atoms in total. The number of pyridine rings is 1. The predicted molar refractivity (Wildman–Crippen MR) is 79.5 cm³/mol. The maximum atomic E-state index is 12.4. The fourth-order valence-electron chi connectivity index (χ4n) is 2.39. The molecule has 5 heteroatoms. The van der Waals surface area contributed by atoms with Crippen LogP contribution in [0.3, 0.4) is 0 Å². The predicted octanol–water partition coefficient (Wildman–Crippen LogP) is 1.56. The normalized spacial score (nSPS) is 11.1. The molecule has 0 spiro atoms. The highest BCUT2D eigenvalue weighted by atomic mass is 16.1. The van der Waals surface area contributed by atoms with E-state index >= 15 is 0 Å². The molecule has 0 saturated heterocycles. The Kier molecular flexibility index (Phi) is 3.02. The summed E-state index contributed by atoms with van der Waals surface area (Å²) in [7, 11) is 1.88. The van der Waals surface area contributed by atoms with Gasteiger partial charge in [-0.2, -0.15) is 5.10 Å². The largest absolute Gasteiger partial charge is 0.385 e. The number of nitrogen functional groups attached to an aromatic ring is 1. The topological polar surface area (TPSA) is 65.8 Å². The molecule has 0 aliphatic heterocycles. The van der Waals surface area contributed by atoms with Gasteiger partial charge < -0.3 is 5.73 Å². The van der Waals surface area contributed by atoms with Gasteiger partial charge in [-0.1, -0.05) is 18.2 Å². The lowest BCUT2D eigenvalue weighted by Crippen LogP contribution is -2.23. The first kappa shape index (κ1) is 12.5. The molecule has 3 rings (SSSR count). The van der Waals surface area contributed by atoms with Crippen LogP contribution in [0.25, 0.3) is 10.8 Å². The van der Waals surface area contributed by atoms with Gasteiger partial charge in [0.15, 0.2) is 0 Å². The minimum atomic E-state index is -0.0375. The number of hydrogen-bond donors (Lipinski definition) is 1. The smallest absolute Gasteiger partial charge is 0.259 e. The van der Waals surface area contributed by atoms with Gasteiger partial charge in [0.25, 0.3) is 5.56 Å². The second kappa shape index (κ2) is 4.85. The second-order valence-corrected chi connectivity index (χ2v) is 4.89. The van der Waals surface area contributed by atoms with E-state index in [1.807, 2.05) is 49.8 Å². The molecule has 102 valence electrons. The van der Waals surface area contributed by atoms with E-state index in [1.165, 1.54) is 0 Å². The van der Waals surface area contributed by atoms with Gasteiger partial charge in [0.05, 0.1) is 6.20 Å². The number of anilines is 1. The Bertz CT molecular complexity index is 816. The Morgan fingerprint density at radius 2 is 2.10 bits per heavy atom. The van der Waals surface area contributed by atoms with Gasteiger partial charge in [-0.05, 0) is 29.5 Å². The van der Waals surface area contributed by atoms with Crippen molar-refractivity contribution in [3.05, 3.63) is 58.6 Å². The first-order chi connectivity index (χ1) is 9.65. The molecular formula is C15H16N4O. The van der Waals surface area contributed by atoms with Gasteiger partial charge in [0.1, 0.15) is 5.82 Å². The van der Waals surface area contributed by atoms with Crippen LogP contribution in [0.1, 0.15) is 5.56 Å². The summed E-state index contributed by atoms with van der Waals surface area (Å²) in [5.41, 5.74) is 7.05.